The summed E-state index contributed by atoms with van der Waals surface area (Å²) in [5, 5.41) is 4.76. The summed E-state index contributed by atoms with van der Waals surface area (Å²) in [5.74, 6) is 0.476. The topological polar surface area (TPSA) is 49.4 Å². The molecule has 168 valence electrons. The van der Waals surface area contributed by atoms with Crippen molar-refractivity contribution in [2.24, 2.45) is 0 Å². The van der Waals surface area contributed by atoms with Gasteiger partial charge < -0.3 is 10.2 Å². The van der Waals surface area contributed by atoms with Gasteiger partial charge in [0.05, 0.1) is 15.8 Å². The summed E-state index contributed by atoms with van der Waals surface area (Å²) in [6, 6.07) is 9.93. The molecule has 2 amide bonds. The lowest BCUT2D eigenvalue weighted by Crippen LogP contribution is -2.49. The van der Waals surface area contributed by atoms with Crippen LogP contribution in [0.15, 0.2) is 36.4 Å². The van der Waals surface area contributed by atoms with E-state index in [2.05, 4.69) is 5.32 Å². The number of nitrogens with zero attached hydrogens (tertiary/aromatic N) is 1. The zero-order valence-electron chi connectivity index (χ0n) is 17.3. The molecule has 31 heavy (non-hydrogen) atoms. The van der Waals surface area contributed by atoms with Crippen LogP contribution >= 0.6 is 58.2 Å². The predicted molar refractivity (Wildman–Crippen MR) is 132 cm³/mol. The number of hydrogen-bond acceptors (Lipinski definition) is 3. The molecular weight excluding hydrogens is 498 g/mol. The molecule has 0 aromatic heterocycles. The number of rotatable bonds is 10. The molecule has 0 radical (unpaired) electrons. The van der Waals surface area contributed by atoms with E-state index in [-0.39, 0.29) is 24.1 Å². The van der Waals surface area contributed by atoms with Crippen LogP contribution in [0.4, 0.5) is 0 Å². The second-order valence-corrected chi connectivity index (χ2v) is 9.46. The number of thioether (sulfide) groups is 1. The number of carbonyl (C=O) groups is 2. The van der Waals surface area contributed by atoms with Crippen molar-refractivity contribution >= 4 is 70.0 Å². The van der Waals surface area contributed by atoms with E-state index in [1.165, 1.54) is 11.8 Å². The highest BCUT2D eigenvalue weighted by atomic mass is 35.5. The van der Waals surface area contributed by atoms with Gasteiger partial charge in [-0.3, -0.25) is 9.59 Å². The SMILES string of the molecule is CCNC(=O)[C@@H](CC)N(Cc1ccc(Cl)cc1Cl)C(=O)CSCc1ccc(Cl)c(Cl)c1. The number of nitrogens with one attached hydrogen (secondary N) is 1. The molecule has 0 unspecified atom stereocenters. The zero-order valence-corrected chi connectivity index (χ0v) is 21.1. The molecule has 2 aromatic rings. The fourth-order valence-electron chi connectivity index (χ4n) is 3.01. The third-order valence-electron chi connectivity index (χ3n) is 4.57. The number of halogens is 4. The van der Waals surface area contributed by atoms with Gasteiger partial charge in [-0.2, -0.15) is 0 Å². The maximum atomic E-state index is 13.2. The lowest BCUT2D eigenvalue weighted by molar-refractivity contribution is -0.139. The number of amides is 2. The molecule has 0 aliphatic rings. The fraction of sp³-hybridized carbons (Fsp3) is 0.364. The van der Waals surface area contributed by atoms with Gasteiger partial charge in [0.2, 0.25) is 11.8 Å². The third kappa shape index (κ3) is 7.76. The molecule has 2 aromatic carbocycles. The van der Waals surface area contributed by atoms with Gasteiger partial charge >= 0.3 is 0 Å². The van der Waals surface area contributed by atoms with E-state index < -0.39 is 6.04 Å². The Labute approximate surface area is 207 Å². The summed E-state index contributed by atoms with van der Waals surface area (Å²) in [4.78, 5) is 27.4. The Hall–Kier alpha value is -1.11. The summed E-state index contributed by atoms with van der Waals surface area (Å²) >= 11 is 25.8. The standard InChI is InChI=1S/C22H24Cl4N2O2S/c1-3-20(22(30)27-4-2)28(11-15-6-7-16(23)10-18(15)25)21(29)13-31-12-14-5-8-17(24)19(26)9-14/h5-10,20H,3-4,11-13H2,1-2H3,(H,27,30)/t20-/m1/s1. The molecule has 0 fully saturated rings. The number of hydrogen-bond donors (Lipinski definition) is 1. The van der Waals surface area contributed by atoms with Gasteiger partial charge in [0.15, 0.2) is 0 Å². The van der Waals surface area contributed by atoms with Crippen LogP contribution in [0.1, 0.15) is 31.4 Å². The van der Waals surface area contributed by atoms with Gasteiger partial charge in [-0.25, -0.2) is 0 Å². The molecule has 0 heterocycles. The van der Waals surface area contributed by atoms with E-state index in [0.29, 0.717) is 38.8 Å². The van der Waals surface area contributed by atoms with Crippen LogP contribution in [0.5, 0.6) is 0 Å². The molecule has 0 saturated heterocycles. The Bertz CT molecular complexity index is 926. The van der Waals surface area contributed by atoms with Crippen molar-refractivity contribution in [1.29, 1.82) is 0 Å². The van der Waals surface area contributed by atoms with Crippen molar-refractivity contribution in [3.63, 3.8) is 0 Å². The van der Waals surface area contributed by atoms with Gasteiger partial charge in [-0.1, -0.05) is 65.5 Å². The summed E-state index contributed by atoms with van der Waals surface area (Å²) < 4.78 is 0. The molecule has 2 rings (SSSR count). The predicted octanol–water partition coefficient (Wildman–Crippen LogP) is 6.48. The van der Waals surface area contributed by atoms with E-state index >= 15 is 0 Å². The van der Waals surface area contributed by atoms with Crippen molar-refractivity contribution in [2.45, 2.75) is 38.6 Å². The van der Waals surface area contributed by atoms with Crippen molar-refractivity contribution in [2.75, 3.05) is 12.3 Å². The normalized spacial score (nSPS) is 11.8. The highest BCUT2D eigenvalue weighted by Crippen LogP contribution is 2.26. The lowest BCUT2D eigenvalue weighted by Gasteiger charge is -2.30. The quantitative estimate of drug-likeness (QED) is 0.389. The molecule has 1 N–H and O–H groups in total. The number of carbonyl (C=O) groups excluding carboxylic acids is 2. The average molecular weight is 522 g/mol. The molecule has 0 bridgehead atoms. The summed E-state index contributed by atoms with van der Waals surface area (Å²) in [6.45, 7) is 4.44. The van der Waals surface area contributed by atoms with Gasteiger partial charge in [0, 0.05) is 28.9 Å². The summed E-state index contributed by atoms with van der Waals surface area (Å²) in [6.07, 6.45) is 0.486. The van der Waals surface area contributed by atoms with Crippen molar-refractivity contribution in [3.05, 3.63) is 67.6 Å². The van der Waals surface area contributed by atoms with E-state index in [1.54, 1.807) is 35.2 Å². The van der Waals surface area contributed by atoms with E-state index in [4.69, 9.17) is 46.4 Å². The first-order valence-corrected chi connectivity index (χ1v) is 12.5. The van der Waals surface area contributed by atoms with Crippen LogP contribution in [-0.4, -0.2) is 35.1 Å². The largest absolute Gasteiger partial charge is 0.355 e. The van der Waals surface area contributed by atoms with Crippen molar-refractivity contribution < 1.29 is 9.59 Å². The Morgan fingerprint density at radius 1 is 1.00 bits per heavy atom. The highest BCUT2D eigenvalue weighted by Gasteiger charge is 2.28. The highest BCUT2D eigenvalue weighted by molar-refractivity contribution is 7.99. The maximum absolute atomic E-state index is 13.2. The summed E-state index contributed by atoms with van der Waals surface area (Å²) in [7, 11) is 0. The Balaban J connectivity index is 2.15. The monoisotopic (exact) mass is 520 g/mol. The Morgan fingerprint density at radius 2 is 1.74 bits per heavy atom. The van der Waals surface area contributed by atoms with Crippen molar-refractivity contribution in [3.8, 4) is 0 Å². The van der Waals surface area contributed by atoms with Crippen LogP contribution in [0.2, 0.25) is 20.1 Å². The first-order valence-electron chi connectivity index (χ1n) is 9.79. The van der Waals surface area contributed by atoms with Crippen LogP contribution in [0, 0.1) is 0 Å². The lowest BCUT2D eigenvalue weighted by atomic mass is 10.1. The number of benzene rings is 2. The molecule has 9 heteroatoms. The van der Waals surface area contributed by atoms with Gasteiger partial charge in [-0.15, -0.1) is 11.8 Å². The second kappa shape index (κ2) is 12.8. The van der Waals surface area contributed by atoms with E-state index in [1.807, 2.05) is 19.9 Å². The van der Waals surface area contributed by atoms with Gasteiger partial charge in [-0.05, 0) is 48.7 Å². The maximum Gasteiger partial charge on any atom is 0.242 e. The first-order chi connectivity index (χ1) is 14.8. The van der Waals surface area contributed by atoms with Crippen molar-refractivity contribution in [1.82, 2.24) is 10.2 Å². The zero-order chi connectivity index (χ0) is 23.0. The van der Waals surface area contributed by atoms with Crippen LogP contribution in [0.3, 0.4) is 0 Å². The average Bonchev–Trinajstić information content (AvgIpc) is 2.72. The summed E-state index contributed by atoms with van der Waals surface area (Å²) in [5.41, 5.74) is 1.70. The molecule has 0 spiro atoms. The number of likely N-dealkylation sites (N-methyl/N-ethyl adjacent to an activating group) is 1. The molecule has 0 saturated carbocycles. The third-order valence-corrected chi connectivity index (χ3v) is 6.89. The van der Waals surface area contributed by atoms with E-state index in [0.717, 1.165) is 11.1 Å². The molecule has 4 nitrogen and oxygen atoms in total. The Kier molecular flexibility index (Phi) is 10.8. The molecule has 0 aliphatic carbocycles. The molecular formula is C22H24Cl4N2O2S. The fourth-order valence-corrected chi connectivity index (χ4v) is 4.66. The van der Waals surface area contributed by atoms with Crippen LogP contribution in [-0.2, 0) is 21.9 Å². The minimum absolute atomic E-state index is 0.144. The van der Waals surface area contributed by atoms with Crippen LogP contribution < -0.4 is 5.32 Å². The van der Waals surface area contributed by atoms with Crippen LogP contribution in [0.25, 0.3) is 0 Å². The first kappa shape index (κ1) is 26.1. The smallest absolute Gasteiger partial charge is 0.242 e. The minimum atomic E-state index is -0.593. The van der Waals surface area contributed by atoms with Gasteiger partial charge in [0.25, 0.3) is 0 Å². The van der Waals surface area contributed by atoms with E-state index in [9.17, 15) is 9.59 Å². The molecule has 0 aliphatic heterocycles. The molecule has 1 atom stereocenters. The second-order valence-electron chi connectivity index (χ2n) is 6.82. The minimum Gasteiger partial charge on any atom is -0.355 e. The van der Waals surface area contributed by atoms with Gasteiger partial charge in [0.1, 0.15) is 6.04 Å². The Morgan fingerprint density at radius 3 is 2.35 bits per heavy atom.